The molecule has 1 aliphatic heterocycles. The van der Waals surface area contributed by atoms with Crippen LogP contribution in [0.4, 0.5) is 10.1 Å². The van der Waals surface area contributed by atoms with Gasteiger partial charge in [-0.05, 0) is 49.8 Å². The summed E-state index contributed by atoms with van der Waals surface area (Å²) in [6.45, 7) is 1.58. The number of hydrogen-bond donors (Lipinski definition) is 1. The van der Waals surface area contributed by atoms with Crippen LogP contribution in [-0.2, 0) is 6.42 Å². The molecular weight excluding hydrogens is 442 g/mol. The third-order valence-electron chi connectivity index (χ3n) is 4.66. The van der Waals surface area contributed by atoms with Crippen LogP contribution in [0.15, 0.2) is 53.5 Å². The fourth-order valence-electron chi connectivity index (χ4n) is 3.35. The van der Waals surface area contributed by atoms with Crippen LogP contribution in [0.1, 0.15) is 17.2 Å². The fraction of sp³-hybridized carbons (Fsp3) is 0.350. The van der Waals surface area contributed by atoms with E-state index in [0.717, 1.165) is 24.5 Å². The SMILES string of the molecule is CN=C(NCC(c1cccc(F)c1)N(C)C)N1CCc2ccccc21.I. The summed E-state index contributed by atoms with van der Waals surface area (Å²) < 4.78 is 13.6. The Kier molecular flexibility index (Phi) is 7.40. The molecule has 0 spiro atoms. The van der Waals surface area contributed by atoms with Crippen LogP contribution in [-0.4, -0.2) is 45.1 Å². The van der Waals surface area contributed by atoms with Gasteiger partial charge >= 0.3 is 0 Å². The summed E-state index contributed by atoms with van der Waals surface area (Å²) in [5.74, 6) is 0.649. The second-order valence-electron chi connectivity index (χ2n) is 6.49. The lowest BCUT2D eigenvalue weighted by atomic mass is 10.1. The topological polar surface area (TPSA) is 30.9 Å². The van der Waals surface area contributed by atoms with E-state index in [-0.39, 0.29) is 35.8 Å². The van der Waals surface area contributed by atoms with E-state index >= 15 is 0 Å². The molecule has 2 aromatic carbocycles. The molecule has 26 heavy (non-hydrogen) atoms. The van der Waals surface area contributed by atoms with Crippen molar-refractivity contribution >= 4 is 35.6 Å². The number of nitrogens with one attached hydrogen (secondary N) is 1. The summed E-state index contributed by atoms with van der Waals surface area (Å²) >= 11 is 0. The van der Waals surface area contributed by atoms with Gasteiger partial charge in [-0.1, -0.05) is 30.3 Å². The van der Waals surface area contributed by atoms with Gasteiger partial charge in [0.2, 0.25) is 0 Å². The maximum Gasteiger partial charge on any atom is 0.198 e. The molecule has 6 heteroatoms. The van der Waals surface area contributed by atoms with E-state index in [1.54, 1.807) is 19.2 Å². The number of fused-ring (bicyclic) bond motifs is 1. The summed E-state index contributed by atoms with van der Waals surface area (Å²) in [6, 6.07) is 15.3. The molecule has 1 heterocycles. The van der Waals surface area contributed by atoms with Gasteiger partial charge in [-0.25, -0.2) is 4.39 Å². The van der Waals surface area contributed by atoms with Crippen molar-refractivity contribution in [3.05, 3.63) is 65.5 Å². The van der Waals surface area contributed by atoms with Gasteiger partial charge < -0.3 is 15.1 Å². The van der Waals surface area contributed by atoms with Gasteiger partial charge in [0.15, 0.2) is 5.96 Å². The monoisotopic (exact) mass is 468 g/mol. The normalized spacial score (nSPS) is 14.8. The Balaban J connectivity index is 0.00000243. The van der Waals surface area contributed by atoms with E-state index in [4.69, 9.17) is 0 Å². The first-order valence-electron chi connectivity index (χ1n) is 8.58. The Bertz CT molecular complexity index is 763. The van der Waals surface area contributed by atoms with Crippen LogP contribution in [0.3, 0.4) is 0 Å². The van der Waals surface area contributed by atoms with Crippen molar-refractivity contribution in [2.75, 3.05) is 39.1 Å². The van der Waals surface area contributed by atoms with E-state index in [9.17, 15) is 4.39 Å². The maximum absolute atomic E-state index is 13.6. The molecule has 0 aromatic heterocycles. The van der Waals surface area contributed by atoms with Crippen LogP contribution < -0.4 is 10.2 Å². The molecule has 0 fully saturated rings. The molecule has 1 atom stereocenters. The zero-order valence-corrected chi connectivity index (χ0v) is 17.8. The largest absolute Gasteiger partial charge is 0.354 e. The molecule has 0 amide bonds. The first-order valence-corrected chi connectivity index (χ1v) is 8.58. The third-order valence-corrected chi connectivity index (χ3v) is 4.66. The maximum atomic E-state index is 13.6. The minimum absolute atomic E-state index is 0. The zero-order chi connectivity index (χ0) is 17.8. The highest BCUT2D eigenvalue weighted by Crippen LogP contribution is 2.27. The van der Waals surface area contributed by atoms with Crippen LogP contribution in [0.5, 0.6) is 0 Å². The number of halogens is 2. The number of nitrogens with zero attached hydrogens (tertiary/aromatic N) is 3. The van der Waals surface area contributed by atoms with Gasteiger partial charge in [-0.15, -0.1) is 24.0 Å². The van der Waals surface area contributed by atoms with Crippen LogP contribution in [0.2, 0.25) is 0 Å². The van der Waals surface area contributed by atoms with E-state index in [2.05, 4.69) is 44.4 Å². The lowest BCUT2D eigenvalue weighted by Gasteiger charge is -2.28. The standard InChI is InChI=1S/C20H25FN4.HI/c1-22-20(25-12-11-15-7-4-5-10-18(15)25)23-14-19(24(2)3)16-8-6-9-17(21)13-16;/h4-10,13,19H,11-12,14H2,1-3H3,(H,22,23);1H. The molecule has 0 saturated carbocycles. The first-order chi connectivity index (χ1) is 12.1. The number of benzene rings is 2. The van der Waals surface area contributed by atoms with Crippen molar-refractivity contribution in [3.8, 4) is 0 Å². The highest BCUT2D eigenvalue weighted by molar-refractivity contribution is 14.0. The number of para-hydroxylation sites is 1. The van der Waals surface area contributed by atoms with Crippen molar-refractivity contribution in [3.63, 3.8) is 0 Å². The van der Waals surface area contributed by atoms with Gasteiger partial charge in [0.1, 0.15) is 5.82 Å². The second kappa shape index (κ2) is 9.32. The molecule has 3 rings (SSSR count). The highest BCUT2D eigenvalue weighted by Gasteiger charge is 2.23. The van der Waals surface area contributed by atoms with Crippen molar-refractivity contribution in [1.29, 1.82) is 0 Å². The van der Waals surface area contributed by atoms with Gasteiger partial charge in [0, 0.05) is 25.8 Å². The Labute approximate surface area is 172 Å². The molecule has 0 bridgehead atoms. The molecular formula is C20H26FIN4. The first kappa shape index (κ1) is 20.6. The summed E-state index contributed by atoms with van der Waals surface area (Å²) in [5.41, 5.74) is 3.51. The number of guanidine groups is 1. The number of rotatable bonds is 4. The highest BCUT2D eigenvalue weighted by atomic mass is 127. The van der Waals surface area contributed by atoms with E-state index < -0.39 is 0 Å². The lowest BCUT2D eigenvalue weighted by molar-refractivity contribution is 0.298. The third kappa shape index (κ3) is 4.54. The second-order valence-corrected chi connectivity index (χ2v) is 6.49. The van der Waals surface area contributed by atoms with Crippen LogP contribution in [0, 0.1) is 5.82 Å². The summed E-state index contributed by atoms with van der Waals surface area (Å²) in [4.78, 5) is 8.76. The zero-order valence-electron chi connectivity index (χ0n) is 15.4. The van der Waals surface area contributed by atoms with E-state index in [1.165, 1.54) is 17.3 Å². The molecule has 0 aliphatic carbocycles. The predicted octanol–water partition coefficient (Wildman–Crippen LogP) is 3.68. The Morgan fingerprint density at radius 3 is 2.69 bits per heavy atom. The summed E-state index contributed by atoms with van der Waals surface area (Å²) in [5, 5.41) is 3.46. The number of likely N-dealkylation sites (N-methyl/N-ethyl adjacent to an activating group) is 1. The molecule has 2 aromatic rings. The molecule has 140 valence electrons. The van der Waals surface area contributed by atoms with Crippen molar-refractivity contribution in [2.45, 2.75) is 12.5 Å². The quantitative estimate of drug-likeness (QED) is 0.422. The molecule has 1 unspecified atom stereocenters. The van der Waals surface area contributed by atoms with Crippen molar-refractivity contribution in [2.24, 2.45) is 4.99 Å². The van der Waals surface area contributed by atoms with Gasteiger partial charge in [-0.3, -0.25) is 4.99 Å². The predicted molar refractivity (Wildman–Crippen MR) is 117 cm³/mol. The van der Waals surface area contributed by atoms with E-state index in [1.807, 2.05) is 20.2 Å². The van der Waals surface area contributed by atoms with Crippen molar-refractivity contribution in [1.82, 2.24) is 10.2 Å². The number of aliphatic imine (C=N–C) groups is 1. The number of anilines is 1. The smallest absolute Gasteiger partial charge is 0.198 e. The molecule has 4 nitrogen and oxygen atoms in total. The van der Waals surface area contributed by atoms with Gasteiger partial charge in [0.25, 0.3) is 0 Å². The number of hydrogen-bond acceptors (Lipinski definition) is 2. The Morgan fingerprint density at radius 1 is 1.23 bits per heavy atom. The molecule has 0 saturated heterocycles. The molecule has 1 aliphatic rings. The Morgan fingerprint density at radius 2 is 2.00 bits per heavy atom. The molecule has 1 N–H and O–H groups in total. The lowest BCUT2D eigenvalue weighted by Crippen LogP contribution is -2.44. The minimum Gasteiger partial charge on any atom is -0.354 e. The minimum atomic E-state index is -0.206. The van der Waals surface area contributed by atoms with Gasteiger partial charge in [0.05, 0.1) is 6.04 Å². The van der Waals surface area contributed by atoms with Gasteiger partial charge in [-0.2, -0.15) is 0 Å². The average molecular weight is 468 g/mol. The van der Waals surface area contributed by atoms with Crippen LogP contribution in [0.25, 0.3) is 0 Å². The molecule has 0 radical (unpaired) electrons. The van der Waals surface area contributed by atoms with E-state index in [0.29, 0.717) is 6.54 Å². The average Bonchev–Trinajstić information content (AvgIpc) is 3.02. The fourth-order valence-corrected chi connectivity index (χ4v) is 3.35. The van der Waals surface area contributed by atoms with Crippen molar-refractivity contribution < 1.29 is 4.39 Å². The Hall–Kier alpha value is -1.67. The van der Waals surface area contributed by atoms with Crippen LogP contribution >= 0.6 is 24.0 Å². The summed E-state index contributed by atoms with van der Waals surface area (Å²) in [7, 11) is 5.81. The summed E-state index contributed by atoms with van der Waals surface area (Å²) in [6.07, 6.45) is 1.03.